The summed E-state index contributed by atoms with van der Waals surface area (Å²) in [4.78, 5) is 63.9. The summed E-state index contributed by atoms with van der Waals surface area (Å²) >= 11 is 0.984. The van der Waals surface area contributed by atoms with E-state index in [2.05, 4.69) is 42.3 Å². The van der Waals surface area contributed by atoms with Crippen LogP contribution in [0.25, 0.3) is 0 Å². The molecule has 0 radical (unpaired) electrons. The van der Waals surface area contributed by atoms with Crippen molar-refractivity contribution in [3.8, 4) is 23.0 Å². The van der Waals surface area contributed by atoms with Gasteiger partial charge in [0.05, 0.1) is 92.9 Å². The number of amides is 4. The van der Waals surface area contributed by atoms with E-state index in [9.17, 15) is 19.2 Å². The first-order valence-electron chi connectivity index (χ1n) is 25.6. The molecule has 1 fully saturated rings. The van der Waals surface area contributed by atoms with Gasteiger partial charge in [0.2, 0.25) is 0 Å². The zero-order valence-electron chi connectivity index (χ0n) is 43.7. The summed E-state index contributed by atoms with van der Waals surface area (Å²) in [5, 5.41) is 4.37. The van der Waals surface area contributed by atoms with E-state index in [0.29, 0.717) is 105 Å². The van der Waals surface area contributed by atoms with Gasteiger partial charge in [0.1, 0.15) is 13.2 Å². The van der Waals surface area contributed by atoms with E-state index in [1.165, 1.54) is 10.8 Å². The number of nitrogens with one attached hydrogen (secondary N) is 1. The number of benzene rings is 5. The minimum absolute atomic E-state index is 0.0431. The number of methoxy groups -OCH3 is 3. The van der Waals surface area contributed by atoms with Gasteiger partial charge in [-0.25, -0.2) is 0 Å². The van der Waals surface area contributed by atoms with E-state index in [4.69, 9.17) is 42.4 Å². The normalized spacial score (nSPS) is 17.2. The number of aliphatic imine (C=N–C) groups is 1. The Morgan fingerprint density at radius 3 is 1.99 bits per heavy atom. The van der Waals surface area contributed by atoms with Gasteiger partial charge in [-0.05, 0) is 85.0 Å². The van der Waals surface area contributed by atoms with E-state index >= 15 is 0 Å². The standard InChI is InChI=1S/C57H62N6O12S2/c1-57(2,76-77-75-63-53(64)14-15-54(63)65)35-60(16-17-71-20-21-72-19-18-68-3)40-23-36(33-73-51-29-45-43(27-49(51)69-4)55(66)61-41(31-58-45)25-38-10-6-8-12-47(38)61)22-37(24-40)34-74-52-30-46-44(28-50(52)70-5)56(67)62-42(32-59-46)26-39-11-7-9-13-48(39)62/h6-13,22-24,27-31,41-42,59H,14-21,25-26,32-35H2,1-5H3/t41-,42-/m0/s1. The van der Waals surface area contributed by atoms with Crippen LogP contribution >= 0.6 is 21.9 Å². The second-order valence-electron chi connectivity index (χ2n) is 19.8. The smallest absolute Gasteiger partial charge is 0.261 e. The first kappa shape index (κ1) is 53.6. The Morgan fingerprint density at radius 1 is 0.688 bits per heavy atom. The molecule has 0 unspecified atom stereocenters. The maximum absolute atomic E-state index is 14.3. The largest absolute Gasteiger partial charge is 0.493 e. The van der Waals surface area contributed by atoms with Gasteiger partial charge in [-0.2, -0.15) is 4.28 Å². The fraction of sp³-hybridized carbons (Fsp3) is 0.386. The molecule has 5 aliphatic rings. The maximum atomic E-state index is 14.3. The molecule has 0 spiro atoms. The summed E-state index contributed by atoms with van der Waals surface area (Å²) in [5.41, 5.74) is 8.49. The summed E-state index contributed by atoms with van der Waals surface area (Å²) in [6.07, 6.45) is 3.49. The molecule has 0 saturated carbocycles. The summed E-state index contributed by atoms with van der Waals surface area (Å²) < 4.78 is 47.0. The number of carbonyl (C=O) groups excluding carboxylic acids is 4. The topological polar surface area (TPSA) is 179 Å². The Labute approximate surface area is 455 Å². The molecule has 10 rings (SSSR count). The molecule has 1 N–H and O–H groups in total. The molecule has 18 nitrogen and oxygen atoms in total. The Hall–Kier alpha value is -6.81. The van der Waals surface area contributed by atoms with Crippen molar-refractivity contribution in [1.82, 2.24) is 5.06 Å². The van der Waals surface area contributed by atoms with Crippen molar-refractivity contribution in [3.63, 3.8) is 0 Å². The van der Waals surface area contributed by atoms with Gasteiger partial charge < -0.3 is 48.3 Å². The molecule has 0 bridgehead atoms. The average molecular weight is 1090 g/mol. The van der Waals surface area contributed by atoms with Gasteiger partial charge in [0.25, 0.3) is 23.6 Å². The lowest BCUT2D eigenvalue weighted by Crippen LogP contribution is -2.39. The van der Waals surface area contributed by atoms with Crippen LogP contribution in [0, 0.1) is 0 Å². The van der Waals surface area contributed by atoms with E-state index in [1.54, 1.807) is 44.4 Å². The highest BCUT2D eigenvalue weighted by atomic mass is 33.1. The predicted molar refractivity (Wildman–Crippen MR) is 296 cm³/mol. The highest BCUT2D eigenvalue weighted by Crippen LogP contribution is 2.44. The predicted octanol–water partition coefficient (Wildman–Crippen LogP) is 8.79. The first-order chi connectivity index (χ1) is 37.4. The van der Waals surface area contributed by atoms with Crippen LogP contribution in [0.2, 0.25) is 0 Å². The molecule has 2 atom stereocenters. The molecular formula is C57H62N6O12S2. The van der Waals surface area contributed by atoms with Gasteiger partial charge >= 0.3 is 0 Å². The van der Waals surface area contributed by atoms with Crippen LogP contribution in [0.1, 0.15) is 69.7 Å². The number of imide groups is 1. The lowest BCUT2D eigenvalue weighted by Gasteiger charge is -2.34. The molecular weight excluding hydrogens is 1020 g/mol. The number of nitrogens with zero attached hydrogens (tertiary/aromatic N) is 5. The molecule has 1 saturated heterocycles. The summed E-state index contributed by atoms with van der Waals surface area (Å²) in [5.74, 6) is 0.646. The monoisotopic (exact) mass is 1090 g/mol. The van der Waals surface area contributed by atoms with E-state index in [0.717, 1.165) is 61.9 Å². The third-order valence-corrected chi connectivity index (χ3v) is 16.5. The maximum Gasteiger partial charge on any atom is 0.261 e. The third-order valence-electron chi connectivity index (χ3n) is 13.9. The Balaban J connectivity index is 0.939. The second-order valence-corrected chi connectivity index (χ2v) is 22.2. The van der Waals surface area contributed by atoms with Crippen molar-refractivity contribution >= 4 is 80.1 Å². The summed E-state index contributed by atoms with van der Waals surface area (Å²) in [6.45, 7) is 7.91. The Bertz CT molecular complexity index is 3050. The van der Waals surface area contributed by atoms with Crippen LogP contribution in [0.3, 0.4) is 0 Å². The molecule has 4 amide bonds. The van der Waals surface area contributed by atoms with Crippen molar-refractivity contribution in [3.05, 3.63) is 124 Å². The van der Waals surface area contributed by atoms with Gasteiger partial charge in [-0.3, -0.25) is 29.1 Å². The Kier molecular flexibility index (Phi) is 16.6. The van der Waals surface area contributed by atoms with E-state index < -0.39 is 4.75 Å². The fourth-order valence-electron chi connectivity index (χ4n) is 10.2. The second kappa shape index (κ2) is 23.8. The molecule has 0 aromatic heterocycles. The van der Waals surface area contributed by atoms with Gasteiger partial charge in [-0.15, -0.1) is 5.06 Å². The molecule has 77 heavy (non-hydrogen) atoms. The van der Waals surface area contributed by atoms with Crippen LogP contribution in [0.15, 0.2) is 96.0 Å². The summed E-state index contributed by atoms with van der Waals surface area (Å²) in [6, 6.07) is 28.8. The van der Waals surface area contributed by atoms with E-state index in [-0.39, 0.29) is 61.8 Å². The SMILES string of the molecule is COCCOCCOCCN(CC(C)(C)SSON1C(=O)CCC1=O)c1cc(COc2cc3c(cc2OC)C(=O)N2c4ccccc4C[C@H]2C=N3)cc(COc2cc3c(cc2OC)C(=O)N2c4ccccc4C[C@H]2CN3)c1. The lowest BCUT2D eigenvalue weighted by molar-refractivity contribution is -0.161. The minimum atomic E-state index is -0.510. The van der Waals surface area contributed by atoms with Crippen LogP contribution < -0.4 is 39.0 Å². The van der Waals surface area contributed by atoms with Crippen LogP contribution in [0.5, 0.6) is 23.0 Å². The number of hydrogen-bond donors (Lipinski definition) is 1. The number of hydrogen-bond acceptors (Lipinski definition) is 17. The quantitative estimate of drug-likeness (QED) is 0.0268. The molecule has 20 heteroatoms. The van der Waals surface area contributed by atoms with Crippen LogP contribution in [-0.2, 0) is 54.1 Å². The van der Waals surface area contributed by atoms with Gasteiger partial charge in [0.15, 0.2) is 23.0 Å². The van der Waals surface area contributed by atoms with Crippen molar-refractivity contribution < 1.29 is 56.6 Å². The molecule has 5 aromatic rings. The fourth-order valence-corrected chi connectivity index (χ4v) is 11.9. The number of ether oxygens (including phenoxy) is 7. The van der Waals surface area contributed by atoms with Crippen LogP contribution in [0.4, 0.5) is 28.4 Å². The van der Waals surface area contributed by atoms with Gasteiger partial charge in [-0.1, -0.05) is 47.2 Å². The molecule has 5 aromatic carbocycles. The number of fused-ring (bicyclic) bond motifs is 8. The molecule has 404 valence electrons. The molecule has 0 aliphatic carbocycles. The number of rotatable bonds is 24. The minimum Gasteiger partial charge on any atom is -0.493 e. The molecule has 5 aliphatic heterocycles. The van der Waals surface area contributed by atoms with Gasteiger partial charge in [0, 0.05) is 86.2 Å². The van der Waals surface area contributed by atoms with Crippen molar-refractivity contribution in [1.29, 1.82) is 0 Å². The van der Waals surface area contributed by atoms with Crippen molar-refractivity contribution in [2.24, 2.45) is 4.99 Å². The van der Waals surface area contributed by atoms with Crippen molar-refractivity contribution in [2.75, 3.05) is 94.0 Å². The summed E-state index contributed by atoms with van der Waals surface area (Å²) in [7, 11) is 6.13. The van der Waals surface area contributed by atoms with Crippen molar-refractivity contribution in [2.45, 2.75) is 69.6 Å². The number of carbonyl (C=O) groups is 4. The number of anilines is 4. The third kappa shape index (κ3) is 11.9. The number of hydroxylamine groups is 2. The first-order valence-corrected chi connectivity index (χ1v) is 27.7. The van der Waals surface area contributed by atoms with E-state index in [1.807, 2.05) is 65.7 Å². The lowest BCUT2D eigenvalue weighted by atomic mass is 10.1. The average Bonchev–Trinajstić information content (AvgIpc) is 4.08. The number of para-hydroxylation sites is 2. The van der Waals surface area contributed by atoms with Crippen LogP contribution in [-0.4, -0.2) is 126 Å². The zero-order valence-corrected chi connectivity index (χ0v) is 45.4. The highest BCUT2D eigenvalue weighted by Gasteiger charge is 2.39. The highest BCUT2D eigenvalue weighted by molar-refractivity contribution is 8.75. The zero-order chi connectivity index (χ0) is 53.6. The Morgan fingerprint density at radius 2 is 1.30 bits per heavy atom. The molecule has 5 heterocycles.